The molecule has 1 aliphatic carbocycles. The maximum atomic E-state index is 13.2. The lowest BCUT2D eigenvalue weighted by Crippen LogP contribution is -2.37. The van der Waals surface area contributed by atoms with Gasteiger partial charge < -0.3 is 9.64 Å². The molecule has 0 radical (unpaired) electrons. The number of halogens is 1. The molecule has 1 amide bonds. The summed E-state index contributed by atoms with van der Waals surface area (Å²) in [5, 5.41) is 0.616. The molecular formula is C29H32ClNO2. The number of nitrogens with zero attached hydrogens (tertiary/aromatic N) is 1. The van der Waals surface area contributed by atoms with E-state index in [2.05, 4.69) is 24.3 Å². The lowest BCUT2D eigenvalue weighted by molar-refractivity contribution is 0.0980. The standard InChI is InChI=1S/C29H32ClNO2/c1-21(2)31(27-10-6-9-26(30)19-27)29(32)25-13-11-22(12-14-25)20-33-28-17-15-24(16-18-28)23-7-4-3-5-8-23/h6,9-19,21,23H,3-5,7-8,20H2,1-2H3. The zero-order valence-electron chi connectivity index (χ0n) is 19.5. The molecule has 0 aromatic heterocycles. The third kappa shape index (κ3) is 5.97. The van der Waals surface area contributed by atoms with E-state index < -0.39 is 0 Å². The van der Waals surface area contributed by atoms with Gasteiger partial charge in [0.1, 0.15) is 12.4 Å². The van der Waals surface area contributed by atoms with Gasteiger partial charge in [0.25, 0.3) is 5.91 Å². The summed E-state index contributed by atoms with van der Waals surface area (Å²) in [6.07, 6.45) is 6.66. The van der Waals surface area contributed by atoms with E-state index in [1.807, 2.05) is 62.4 Å². The van der Waals surface area contributed by atoms with Crippen LogP contribution in [0.4, 0.5) is 5.69 Å². The van der Waals surface area contributed by atoms with Crippen molar-refractivity contribution in [2.75, 3.05) is 4.90 Å². The number of benzene rings is 3. The molecule has 0 unspecified atom stereocenters. The Kier molecular flexibility index (Phi) is 7.72. The Morgan fingerprint density at radius 3 is 2.30 bits per heavy atom. The van der Waals surface area contributed by atoms with Crippen LogP contribution >= 0.6 is 11.6 Å². The average Bonchev–Trinajstić information content (AvgIpc) is 2.84. The highest BCUT2D eigenvalue weighted by Gasteiger charge is 2.21. The number of anilines is 1. The molecule has 0 heterocycles. The topological polar surface area (TPSA) is 29.5 Å². The Morgan fingerprint density at radius 2 is 1.67 bits per heavy atom. The van der Waals surface area contributed by atoms with E-state index in [1.165, 1.54) is 37.7 Å². The summed E-state index contributed by atoms with van der Waals surface area (Å²) in [5.74, 6) is 1.54. The van der Waals surface area contributed by atoms with Crippen LogP contribution in [-0.2, 0) is 6.61 Å². The monoisotopic (exact) mass is 461 g/mol. The Balaban J connectivity index is 1.38. The van der Waals surface area contributed by atoms with Crippen molar-refractivity contribution in [3.05, 3.63) is 94.5 Å². The first kappa shape index (κ1) is 23.4. The zero-order chi connectivity index (χ0) is 23.2. The maximum absolute atomic E-state index is 13.2. The minimum Gasteiger partial charge on any atom is -0.489 e. The smallest absolute Gasteiger partial charge is 0.258 e. The Labute approximate surface area is 202 Å². The van der Waals surface area contributed by atoms with E-state index in [0.717, 1.165) is 17.0 Å². The lowest BCUT2D eigenvalue weighted by atomic mass is 9.84. The molecule has 1 aliphatic rings. The summed E-state index contributed by atoms with van der Waals surface area (Å²) in [6, 6.07) is 23.6. The quantitative estimate of drug-likeness (QED) is 0.356. The van der Waals surface area contributed by atoms with Gasteiger partial charge >= 0.3 is 0 Å². The van der Waals surface area contributed by atoms with E-state index in [-0.39, 0.29) is 11.9 Å². The predicted octanol–water partition coefficient (Wildman–Crippen LogP) is 8.02. The molecule has 0 N–H and O–H groups in total. The summed E-state index contributed by atoms with van der Waals surface area (Å²) in [5.41, 5.74) is 3.90. The first-order valence-corrected chi connectivity index (χ1v) is 12.3. The molecule has 3 nitrogen and oxygen atoms in total. The van der Waals surface area contributed by atoms with Crippen molar-refractivity contribution >= 4 is 23.2 Å². The summed E-state index contributed by atoms with van der Waals surface area (Å²) in [7, 11) is 0. The van der Waals surface area contributed by atoms with Crippen LogP contribution in [0.25, 0.3) is 0 Å². The molecule has 1 fully saturated rings. The van der Waals surface area contributed by atoms with Crippen LogP contribution in [0.3, 0.4) is 0 Å². The van der Waals surface area contributed by atoms with Crippen LogP contribution < -0.4 is 9.64 Å². The van der Waals surface area contributed by atoms with Crippen LogP contribution in [0.5, 0.6) is 5.75 Å². The molecule has 0 spiro atoms. The van der Waals surface area contributed by atoms with Gasteiger partial charge in [0.2, 0.25) is 0 Å². The fourth-order valence-corrected chi connectivity index (χ4v) is 4.78. The summed E-state index contributed by atoms with van der Waals surface area (Å²) in [4.78, 5) is 15.0. The van der Waals surface area contributed by atoms with Crippen molar-refractivity contribution in [3.8, 4) is 5.75 Å². The van der Waals surface area contributed by atoms with Gasteiger partial charge in [-0.15, -0.1) is 0 Å². The molecule has 3 aromatic rings. The van der Waals surface area contributed by atoms with E-state index in [1.54, 1.807) is 4.90 Å². The SMILES string of the molecule is CC(C)N(C(=O)c1ccc(COc2ccc(C3CCCCC3)cc2)cc1)c1cccc(Cl)c1. The van der Waals surface area contributed by atoms with E-state index >= 15 is 0 Å². The minimum absolute atomic E-state index is 0.00978. The molecule has 0 bridgehead atoms. The minimum atomic E-state index is -0.0435. The summed E-state index contributed by atoms with van der Waals surface area (Å²) < 4.78 is 5.99. The Hall–Kier alpha value is -2.78. The fraction of sp³-hybridized carbons (Fsp3) is 0.345. The Morgan fingerprint density at radius 1 is 0.970 bits per heavy atom. The normalized spacial score (nSPS) is 14.3. The van der Waals surface area contributed by atoms with Gasteiger partial charge in [-0.25, -0.2) is 0 Å². The molecular weight excluding hydrogens is 430 g/mol. The van der Waals surface area contributed by atoms with Crippen molar-refractivity contribution in [1.82, 2.24) is 0 Å². The van der Waals surface area contributed by atoms with Gasteiger partial charge in [-0.1, -0.05) is 61.2 Å². The van der Waals surface area contributed by atoms with Gasteiger partial charge in [-0.2, -0.15) is 0 Å². The summed E-state index contributed by atoms with van der Waals surface area (Å²) in [6.45, 7) is 4.47. The Bertz CT molecular complexity index is 1050. The number of rotatable bonds is 7. The number of hydrogen-bond donors (Lipinski definition) is 0. The largest absolute Gasteiger partial charge is 0.489 e. The molecule has 3 aromatic carbocycles. The maximum Gasteiger partial charge on any atom is 0.258 e. The van der Waals surface area contributed by atoms with Crippen molar-refractivity contribution in [1.29, 1.82) is 0 Å². The molecule has 1 saturated carbocycles. The number of ether oxygens (including phenoxy) is 1. The fourth-order valence-electron chi connectivity index (χ4n) is 4.60. The van der Waals surface area contributed by atoms with Gasteiger partial charge in [-0.05, 0) is 86.2 Å². The number of carbonyl (C=O) groups is 1. The van der Waals surface area contributed by atoms with E-state index in [0.29, 0.717) is 23.1 Å². The highest BCUT2D eigenvalue weighted by atomic mass is 35.5. The highest BCUT2D eigenvalue weighted by Crippen LogP contribution is 2.33. The van der Waals surface area contributed by atoms with Gasteiger partial charge in [-0.3, -0.25) is 4.79 Å². The third-order valence-corrected chi connectivity index (χ3v) is 6.62. The summed E-state index contributed by atoms with van der Waals surface area (Å²) >= 11 is 6.15. The zero-order valence-corrected chi connectivity index (χ0v) is 20.2. The molecule has 0 atom stereocenters. The first-order chi connectivity index (χ1) is 16.0. The average molecular weight is 462 g/mol. The van der Waals surface area contributed by atoms with Crippen molar-refractivity contribution in [2.24, 2.45) is 0 Å². The van der Waals surface area contributed by atoms with Gasteiger partial charge in [0.05, 0.1) is 0 Å². The van der Waals surface area contributed by atoms with Gasteiger partial charge in [0, 0.05) is 22.3 Å². The van der Waals surface area contributed by atoms with Gasteiger partial charge in [0.15, 0.2) is 0 Å². The molecule has 0 saturated heterocycles. The molecule has 0 aliphatic heterocycles. The number of hydrogen-bond acceptors (Lipinski definition) is 2. The molecule has 4 heteroatoms. The van der Waals surface area contributed by atoms with Crippen molar-refractivity contribution in [3.63, 3.8) is 0 Å². The van der Waals surface area contributed by atoms with Crippen LogP contribution in [-0.4, -0.2) is 11.9 Å². The lowest BCUT2D eigenvalue weighted by Gasteiger charge is -2.27. The van der Waals surface area contributed by atoms with Crippen LogP contribution in [0.15, 0.2) is 72.8 Å². The second-order valence-electron chi connectivity index (χ2n) is 9.14. The van der Waals surface area contributed by atoms with Crippen LogP contribution in [0.2, 0.25) is 5.02 Å². The molecule has 33 heavy (non-hydrogen) atoms. The predicted molar refractivity (Wildman–Crippen MR) is 136 cm³/mol. The van der Waals surface area contributed by atoms with Crippen molar-refractivity contribution in [2.45, 2.75) is 64.5 Å². The molecule has 172 valence electrons. The molecule has 4 rings (SSSR count). The second kappa shape index (κ2) is 10.9. The first-order valence-electron chi connectivity index (χ1n) is 11.9. The van der Waals surface area contributed by atoms with E-state index in [4.69, 9.17) is 16.3 Å². The van der Waals surface area contributed by atoms with Crippen LogP contribution in [0, 0.1) is 0 Å². The highest BCUT2D eigenvalue weighted by molar-refractivity contribution is 6.31. The third-order valence-electron chi connectivity index (χ3n) is 6.38. The van der Waals surface area contributed by atoms with Crippen molar-refractivity contribution < 1.29 is 9.53 Å². The number of amides is 1. The van der Waals surface area contributed by atoms with E-state index in [9.17, 15) is 4.79 Å². The van der Waals surface area contributed by atoms with Crippen LogP contribution in [0.1, 0.15) is 73.4 Å². The second-order valence-corrected chi connectivity index (χ2v) is 9.57. The number of carbonyl (C=O) groups excluding carboxylic acids is 1.